The molecule has 1 aromatic rings. The van der Waals surface area contributed by atoms with Crippen LogP contribution in [0.3, 0.4) is 0 Å². The van der Waals surface area contributed by atoms with Crippen molar-refractivity contribution in [3.05, 3.63) is 29.3 Å². The van der Waals surface area contributed by atoms with Crippen LogP contribution in [0.4, 0.5) is 0 Å². The molecule has 0 saturated carbocycles. The highest BCUT2D eigenvalue weighted by atomic mass is 16.5. The molecule has 3 nitrogen and oxygen atoms in total. The average molecular weight is 249 g/mol. The molecule has 1 rings (SSSR count). The third kappa shape index (κ3) is 4.06. The number of hydrogen-bond donors (Lipinski definition) is 0. The third-order valence-electron chi connectivity index (χ3n) is 3.18. The molecule has 0 saturated heterocycles. The third-order valence-corrected chi connectivity index (χ3v) is 3.18. The second-order valence-corrected chi connectivity index (χ2v) is 4.66. The summed E-state index contributed by atoms with van der Waals surface area (Å²) in [4.78, 5) is 13.6. The summed E-state index contributed by atoms with van der Waals surface area (Å²) < 4.78 is 5.59. The van der Waals surface area contributed by atoms with Gasteiger partial charge in [-0.05, 0) is 37.5 Å². The van der Waals surface area contributed by atoms with Gasteiger partial charge in [-0.3, -0.25) is 4.79 Å². The van der Waals surface area contributed by atoms with Gasteiger partial charge in [0, 0.05) is 13.6 Å². The predicted octanol–water partition coefficient (Wildman–Crippen LogP) is 2.94. The van der Waals surface area contributed by atoms with Crippen molar-refractivity contribution in [1.29, 1.82) is 0 Å². The molecule has 0 radical (unpaired) electrons. The van der Waals surface area contributed by atoms with E-state index in [0.29, 0.717) is 0 Å². The highest BCUT2D eigenvalue weighted by molar-refractivity contribution is 5.77. The molecule has 0 aliphatic heterocycles. The topological polar surface area (TPSA) is 29.5 Å². The molecule has 0 spiro atoms. The monoisotopic (exact) mass is 249 g/mol. The summed E-state index contributed by atoms with van der Waals surface area (Å²) in [6.45, 7) is 7.08. The number of rotatable bonds is 6. The fourth-order valence-electron chi connectivity index (χ4n) is 1.65. The van der Waals surface area contributed by atoms with Crippen LogP contribution in [0.1, 0.15) is 30.9 Å². The van der Waals surface area contributed by atoms with E-state index in [0.717, 1.165) is 30.7 Å². The molecule has 0 N–H and O–H groups in total. The number of likely N-dealkylation sites (N-methyl/N-ethyl adjacent to an activating group) is 1. The Morgan fingerprint density at radius 1 is 1.33 bits per heavy atom. The van der Waals surface area contributed by atoms with E-state index in [9.17, 15) is 4.79 Å². The Morgan fingerprint density at radius 3 is 2.72 bits per heavy atom. The van der Waals surface area contributed by atoms with Crippen LogP contribution in [0.15, 0.2) is 18.2 Å². The minimum absolute atomic E-state index is 0.0318. The maximum Gasteiger partial charge on any atom is 0.260 e. The first kappa shape index (κ1) is 14.6. The summed E-state index contributed by atoms with van der Waals surface area (Å²) in [5, 5.41) is 0. The number of aryl methyl sites for hydroxylation is 1. The Hall–Kier alpha value is -1.51. The van der Waals surface area contributed by atoms with Crippen molar-refractivity contribution < 1.29 is 9.53 Å². The molecular formula is C15H23NO2. The van der Waals surface area contributed by atoms with Crippen LogP contribution in [-0.2, 0) is 4.79 Å². The molecule has 0 aromatic heterocycles. The standard InChI is InChI=1S/C15H23NO2/c1-5-6-10-16(4)15(17)11-18-14-9-7-8-12(2)13(14)3/h7-9H,5-6,10-11H2,1-4H3. The molecule has 0 atom stereocenters. The molecule has 0 heterocycles. The summed E-state index contributed by atoms with van der Waals surface area (Å²) in [5.74, 6) is 0.830. The van der Waals surface area contributed by atoms with Crippen molar-refractivity contribution in [2.45, 2.75) is 33.6 Å². The lowest BCUT2D eigenvalue weighted by Crippen LogP contribution is -2.32. The van der Waals surface area contributed by atoms with Crippen molar-refractivity contribution in [3.8, 4) is 5.75 Å². The first-order chi connectivity index (χ1) is 8.56. The van der Waals surface area contributed by atoms with E-state index in [1.165, 1.54) is 5.56 Å². The maximum atomic E-state index is 11.8. The minimum atomic E-state index is 0.0318. The Bertz CT molecular complexity index is 401. The molecule has 1 aromatic carbocycles. The van der Waals surface area contributed by atoms with Gasteiger partial charge in [-0.15, -0.1) is 0 Å². The number of carbonyl (C=O) groups is 1. The van der Waals surface area contributed by atoms with Crippen LogP contribution >= 0.6 is 0 Å². The van der Waals surface area contributed by atoms with Gasteiger partial charge in [0.05, 0.1) is 0 Å². The predicted molar refractivity (Wildman–Crippen MR) is 74.0 cm³/mol. The smallest absolute Gasteiger partial charge is 0.260 e. The van der Waals surface area contributed by atoms with E-state index in [4.69, 9.17) is 4.74 Å². The van der Waals surface area contributed by atoms with E-state index < -0.39 is 0 Å². The zero-order chi connectivity index (χ0) is 13.5. The van der Waals surface area contributed by atoms with E-state index >= 15 is 0 Å². The lowest BCUT2D eigenvalue weighted by molar-refractivity contribution is -0.132. The molecule has 0 aliphatic carbocycles. The second-order valence-electron chi connectivity index (χ2n) is 4.66. The summed E-state index contributed by atoms with van der Waals surface area (Å²) in [6.07, 6.45) is 2.13. The summed E-state index contributed by atoms with van der Waals surface area (Å²) in [5.41, 5.74) is 2.28. The number of amides is 1. The number of hydrogen-bond acceptors (Lipinski definition) is 2. The summed E-state index contributed by atoms with van der Waals surface area (Å²) >= 11 is 0. The highest BCUT2D eigenvalue weighted by Crippen LogP contribution is 2.20. The lowest BCUT2D eigenvalue weighted by atomic mass is 10.1. The number of ether oxygens (including phenoxy) is 1. The van der Waals surface area contributed by atoms with Crippen molar-refractivity contribution in [2.24, 2.45) is 0 Å². The number of carbonyl (C=O) groups excluding carboxylic acids is 1. The quantitative estimate of drug-likeness (QED) is 0.775. The van der Waals surface area contributed by atoms with Crippen LogP contribution < -0.4 is 4.74 Å². The average Bonchev–Trinajstić information content (AvgIpc) is 2.37. The molecular weight excluding hydrogens is 226 g/mol. The fourth-order valence-corrected chi connectivity index (χ4v) is 1.65. The van der Waals surface area contributed by atoms with E-state index in [2.05, 4.69) is 6.92 Å². The molecule has 0 unspecified atom stereocenters. The van der Waals surface area contributed by atoms with Crippen molar-refractivity contribution >= 4 is 5.91 Å². The first-order valence-corrected chi connectivity index (χ1v) is 6.49. The summed E-state index contributed by atoms with van der Waals surface area (Å²) in [6, 6.07) is 5.89. The van der Waals surface area contributed by atoms with Crippen LogP contribution in [-0.4, -0.2) is 31.0 Å². The van der Waals surface area contributed by atoms with Gasteiger partial charge in [0.15, 0.2) is 6.61 Å². The van der Waals surface area contributed by atoms with E-state index in [1.807, 2.05) is 39.1 Å². The van der Waals surface area contributed by atoms with E-state index in [-0.39, 0.29) is 12.5 Å². The number of unbranched alkanes of at least 4 members (excludes halogenated alkanes) is 1. The summed E-state index contributed by atoms with van der Waals surface area (Å²) in [7, 11) is 1.82. The maximum absolute atomic E-state index is 11.8. The molecule has 18 heavy (non-hydrogen) atoms. The van der Waals surface area contributed by atoms with Gasteiger partial charge in [-0.25, -0.2) is 0 Å². The number of nitrogens with zero attached hydrogens (tertiary/aromatic N) is 1. The van der Waals surface area contributed by atoms with Gasteiger partial charge in [0.1, 0.15) is 5.75 Å². The van der Waals surface area contributed by atoms with Gasteiger partial charge in [0.25, 0.3) is 5.91 Å². The van der Waals surface area contributed by atoms with Crippen molar-refractivity contribution in [2.75, 3.05) is 20.2 Å². The first-order valence-electron chi connectivity index (χ1n) is 6.49. The lowest BCUT2D eigenvalue weighted by Gasteiger charge is -2.17. The van der Waals surface area contributed by atoms with Gasteiger partial charge in [-0.2, -0.15) is 0 Å². The molecule has 0 aliphatic rings. The minimum Gasteiger partial charge on any atom is -0.483 e. The normalized spacial score (nSPS) is 10.2. The molecule has 3 heteroatoms. The highest BCUT2D eigenvalue weighted by Gasteiger charge is 2.10. The molecule has 100 valence electrons. The molecule has 1 amide bonds. The van der Waals surface area contributed by atoms with Gasteiger partial charge in [0.2, 0.25) is 0 Å². The van der Waals surface area contributed by atoms with Gasteiger partial charge < -0.3 is 9.64 Å². The zero-order valence-corrected chi connectivity index (χ0v) is 11.8. The van der Waals surface area contributed by atoms with Crippen LogP contribution in [0.2, 0.25) is 0 Å². The van der Waals surface area contributed by atoms with Crippen molar-refractivity contribution in [3.63, 3.8) is 0 Å². The Morgan fingerprint density at radius 2 is 2.06 bits per heavy atom. The fraction of sp³-hybridized carbons (Fsp3) is 0.533. The SMILES string of the molecule is CCCCN(C)C(=O)COc1cccc(C)c1C. The number of benzene rings is 1. The van der Waals surface area contributed by atoms with Crippen LogP contribution in [0, 0.1) is 13.8 Å². The molecule has 0 fully saturated rings. The Labute approximate surface area is 110 Å². The van der Waals surface area contributed by atoms with Crippen LogP contribution in [0.5, 0.6) is 5.75 Å². The second kappa shape index (κ2) is 7.04. The Balaban J connectivity index is 2.49. The molecule has 0 bridgehead atoms. The Kier molecular flexibility index (Phi) is 5.69. The largest absolute Gasteiger partial charge is 0.483 e. The zero-order valence-electron chi connectivity index (χ0n) is 11.8. The van der Waals surface area contributed by atoms with E-state index in [1.54, 1.807) is 4.90 Å². The van der Waals surface area contributed by atoms with Gasteiger partial charge in [-0.1, -0.05) is 25.5 Å². The van der Waals surface area contributed by atoms with Crippen LogP contribution in [0.25, 0.3) is 0 Å². The van der Waals surface area contributed by atoms with Crippen molar-refractivity contribution in [1.82, 2.24) is 4.90 Å². The van der Waals surface area contributed by atoms with Gasteiger partial charge >= 0.3 is 0 Å².